The normalized spacial score (nSPS) is 10.4. The highest BCUT2D eigenvalue weighted by molar-refractivity contribution is 5.54. The molecule has 0 fully saturated rings. The van der Waals surface area contributed by atoms with Crippen LogP contribution in [0.5, 0.6) is 0 Å². The number of nitrogens with zero attached hydrogens (tertiary/aromatic N) is 3. The first-order valence-electron chi connectivity index (χ1n) is 7.40. The molecule has 0 unspecified atom stereocenters. The van der Waals surface area contributed by atoms with E-state index in [2.05, 4.69) is 25.8 Å². The average Bonchev–Trinajstić information content (AvgIpc) is 2.59. The van der Waals surface area contributed by atoms with Crippen molar-refractivity contribution in [2.75, 3.05) is 17.2 Å². The standard InChI is InChI=1S/C17H15F2N5/c18-13-6-7-15(14(19)10-13)22-17-23-16(11-21-24-17)20-9-8-12-4-2-1-3-5-12/h1-7,10-11H,8-9H2,(H2,20,22,23,24). The maximum absolute atomic E-state index is 13.6. The van der Waals surface area contributed by atoms with E-state index in [1.54, 1.807) is 0 Å². The molecular weight excluding hydrogens is 312 g/mol. The van der Waals surface area contributed by atoms with Crippen LogP contribution >= 0.6 is 0 Å². The van der Waals surface area contributed by atoms with E-state index in [4.69, 9.17) is 0 Å². The smallest absolute Gasteiger partial charge is 0.249 e. The molecule has 1 aromatic heterocycles. The molecule has 0 radical (unpaired) electrons. The number of benzene rings is 2. The van der Waals surface area contributed by atoms with Crippen molar-refractivity contribution in [3.8, 4) is 0 Å². The highest BCUT2D eigenvalue weighted by Gasteiger charge is 2.06. The highest BCUT2D eigenvalue weighted by Crippen LogP contribution is 2.18. The number of aromatic nitrogens is 3. The molecule has 122 valence electrons. The summed E-state index contributed by atoms with van der Waals surface area (Å²) in [7, 11) is 0. The Balaban J connectivity index is 1.61. The summed E-state index contributed by atoms with van der Waals surface area (Å²) < 4.78 is 26.5. The zero-order chi connectivity index (χ0) is 16.8. The minimum Gasteiger partial charge on any atom is -0.368 e. The Hall–Kier alpha value is -3.09. The van der Waals surface area contributed by atoms with Crippen LogP contribution in [0.15, 0.2) is 54.7 Å². The summed E-state index contributed by atoms with van der Waals surface area (Å²) in [6.07, 6.45) is 2.32. The molecular formula is C17H15F2N5. The topological polar surface area (TPSA) is 62.7 Å². The van der Waals surface area contributed by atoms with E-state index < -0.39 is 11.6 Å². The lowest BCUT2D eigenvalue weighted by Gasteiger charge is -2.08. The fourth-order valence-corrected chi connectivity index (χ4v) is 2.13. The summed E-state index contributed by atoms with van der Waals surface area (Å²) in [4.78, 5) is 4.21. The third kappa shape index (κ3) is 4.22. The Bertz CT molecular complexity index is 811. The molecule has 0 bridgehead atoms. The molecule has 5 nitrogen and oxygen atoms in total. The molecule has 0 aliphatic carbocycles. The van der Waals surface area contributed by atoms with E-state index in [0.717, 1.165) is 18.6 Å². The van der Waals surface area contributed by atoms with Gasteiger partial charge in [0.05, 0.1) is 11.9 Å². The Morgan fingerprint density at radius 2 is 1.83 bits per heavy atom. The van der Waals surface area contributed by atoms with Gasteiger partial charge < -0.3 is 10.6 Å². The maximum Gasteiger partial charge on any atom is 0.249 e. The summed E-state index contributed by atoms with van der Waals surface area (Å²) in [5, 5.41) is 13.4. The third-order valence-electron chi connectivity index (χ3n) is 3.30. The van der Waals surface area contributed by atoms with Crippen LogP contribution in [0.3, 0.4) is 0 Å². The van der Waals surface area contributed by atoms with Crippen molar-refractivity contribution < 1.29 is 8.78 Å². The van der Waals surface area contributed by atoms with Gasteiger partial charge in [-0.25, -0.2) is 8.78 Å². The summed E-state index contributed by atoms with van der Waals surface area (Å²) >= 11 is 0. The number of halogens is 2. The number of rotatable bonds is 6. The third-order valence-corrected chi connectivity index (χ3v) is 3.30. The molecule has 0 aliphatic heterocycles. The predicted octanol–water partition coefficient (Wildman–Crippen LogP) is 3.55. The Morgan fingerprint density at radius 1 is 1.00 bits per heavy atom. The van der Waals surface area contributed by atoms with E-state index in [-0.39, 0.29) is 11.6 Å². The molecule has 24 heavy (non-hydrogen) atoms. The van der Waals surface area contributed by atoms with Gasteiger partial charge in [0.15, 0.2) is 5.82 Å². The van der Waals surface area contributed by atoms with Crippen molar-refractivity contribution in [3.05, 3.63) is 71.9 Å². The van der Waals surface area contributed by atoms with Crippen LogP contribution in [0.25, 0.3) is 0 Å². The highest BCUT2D eigenvalue weighted by atomic mass is 19.1. The fourth-order valence-electron chi connectivity index (χ4n) is 2.13. The van der Waals surface area contributed by atoms with Crippen LogP contribution in [-0.2, 0) is 6.42 Å². The molecule has 0 atom stereocenters. The van der Waals surface area contributed by atoms with Crippen molar-refractivity contribution in [2.24, 2.45) is 0 Å². The Labute approximate surface area is 137 Å². The molecule has 0 spiro atoms. The van der Waals surface area contributed by atoms with Gasteiger partial charge in [0.1, 0.15) is 11.6 Å². The van der Waals surface area contributed by atoms with Gasteiger partial charge in [0.25, 0.3) is 0 Å². The van der Waals surface area contributed by atoms with E-state index in [9.17, 15) is 8.78 Å². The van der Waals surface area contributed by atoms with Gasteiger partial charge in [-0.05, 0) is 24.1 Å². The van der Waals surface area contributed by atoms with Crippen LogP contribution in [0.1, 0.15) is 5.56 Å². The molecule has 2 aromatic carbocycles. The molecule has 0 saturated heterocycles. The van der Waals surface area contributed by atoms with Crippen LogP contribution in [0.2, 0.25) is 0 Å². The van der Waals surface area contributed by atoms with E-state index in [1.165, 1.54) is 17.8 Å². The van der Waals surface area contributed by atoms with Gasteiger partial charge in [-0.3, -0.25) is 0 Å². The van der Waals surface area contributed by atoms with E-state index in [1.807, 2.05) is 30.3 Å². The summed E-state index contributed by atoms with van der Waals surface area (Å²) in [5.41, 5.74) is 1.29. The van der Waals surface area contributed by atoms with Gasteiger partial charge in [-0.1, -0.05) is 30.3 Å². The molecule has 0 aliphatic rings. The SMILES string of the molecule is Fc1ccc(Nc2nncc(NCCc3ccccc3)n2)c(F)c1. The lowest BCUT2D eigenvalue weighted by molar-refractivity contribution is 0.586. The molecule has 0 saturated carbocycles. The van der Waals surface area contributed by atoms with E-state index in [0.29, 0.717) is 12.4 Å². The molecule has 1 heterocycles. The van der Waals surface area contributed by atoms with Crippen LogP contribution in [0, 0.1) is 11.6 Å². The van der Waals surface area contributed by atoms with Gasteiger partial charge in [0, 0.05) is 12.6 Å². The van der Waals surface area contributed by atoms with Crippen molar-refractivity contribution in [3.63, 3.8) is 0 Å². The van der Waals surface area contributed by atoms with Gasteiger partial charge in [0.2, 0.25) is 5.95 Å². The first-order valence-corrected chi connectivity index (χ1v) is 7.40. The summed E-state index contributed by atoms with van der Waals surface area (Å²) in [6.45, 7) is 0.674. The summed E-state index contributed by atoms with van der Waals surface area (Å²) in [5.74, 6) is -0.717. The average molecular weight is 327 g/mol. The minimum atomic E-state index is -0.721. The Morgan fingerprint density at radius 3 is 2.62 bits per heavy atom. The Kier molecular flexibility index (Phi) is 4.90. The van der Waals surface area contributed by atoms with E-state index >= 15 is 0 Å². The number of nitrogens with one attached hydrogen (secondary N) is 2. The number of hydrogen-bond donors (Lipinski definition) is 2. The zero-order valence-electron chi connectivity index (χ0n) is 12.7. The molecule has 7 heteroatoms. The van der Waals surface area contributed by atoms with Crippen LogP contribution < -0.4 is 10.6 Å². The summed E-state index contributed by atoms with van der Waals surface area (Å²) in [6, 6.07) is 13.3. The van der Waals surface area contributed by atoms with Gasteiger partial charge >= 0.3 is 0 Å². The van der Waals surface area contributed by atoms with Crippen molar-refractivity contribution >= 4 is 17.5 Å². The van der Waals surface area contributed by atoms with Gasteiger partial charge in [-0.15, -0.1) is 5.10 Å². The molecule has 0 amide bonds. The lowest BCUT2D eigenvalue weighted by Crippen LogP contribution is -2.09. The number of hydrogen-bond acceptors (Lipinski definition) is 5. The largest absolute Gasteiger partial charge is 0.368 e. The molecule has 3 aromatic rings. The minimum absolute atomic E-state index is 0.0830. The monoisotopic (exact) mass is 327 g/mol. The zero-order valence-corrected chi connectivity index (χ0v) is 12.7. The fraction of sp³-hybridized carbons (Fsp3) is 0.118. The van der Waals surface area contributed by atoms with Crippen molar-refractivity contribution in [1.82, 2.24) is 15.2 Å². The van der Waals surface area contributed by atoms with Crippen molar-refractivity contribution in [1.29, 1.82) is 0 Å². The number of anilines is 3. The molecule has 2 N–H and O–H groups in total. The first-order chi connectivity index (χ1) is 11.7. The van der Waals surface area contributed by atoms with Crippen molar-refractivity contribution in [2.45, 2.75) is 6.42 Å². The second kappa shape index (κ2) is 7.45. The predicted molar refractivity (Wildman–Crippen MR) is 88.1 cm³/mol. The maximum atomic E-state index is 13.6. The second-order valence-electron chi connectivity index (χ2n) is 5.08. The molecule has 3 rings (SSSR count). The quantitative estimate of drug-likeness (QED) is 0.725. The lowest BCUT2D eigenvalue weighted by atomic mass is 10.1. The van der Waals surface area contributed by atoms with Crippen LogP contribution in [0.4, 0.5) is 26.2 Å². The van der Waals surface area contributed by atoms with Crippen LogP contribution in [-0.4, -0.2) is 21.7 Å². The second-order valence-corrected chi connectivity index (χ2v) is 5.08. The first kappa shape index (κ1) is 15.8. The van der Waals surface area contributed by atoms with Gasteiger partial charge in [-0.2, -0.15) is 10.1 Å².